The first-order valence-electron chi connectivity index (χ1n) is 17.4. The van der Waals surface area contributed by atoms with Crippen LogP contribution in [0.5, 0.6) is 0 Å². The maximum absolute atomic E-state index is 13.0. The van der Waals surface area contributed by atoms with Gasteiger partial charge in [-0.1, -0.05) is 182 Å². The molecule has 2 heteroatoms. The minimum absolute atomic E-state index is 0.109. The van der Waals surface area contributed by atoms with E-state index < -0.39 is 0 Å². The maximum atomic E-state index is 13.0. The molecule has 37 heavy (non-hydrogen) atoms. The number of esters is 1. The second-order valence-corrected chi connectivity index (χ2v) is 12.0. The van der Waals surface area contributed by atoms with Gasteiger partial charge in [0.25, 0.3) is 0 Å². The van der Waals surface area contributed by atoms with Crippen molar-refractivity contribution in [3.8, 4) is 0 Å². The summed E-state index contributed by atoms with van der Waals surface area (Å²) in [6, 6.07) is 0. The molecule has 222 valence electrons. The Kier molecular flexibility index (Phi) is 29.6. The standard InChI is InChI=1S/C35H70O2/c1-5-9-12-14-16-18-19-20-22-24-26-28-31-34(30-27-25-23-21-17-15-13-10-6-2)35(36)37-32-33(8-4)29-11-7-3/h33-34H,5-32H2,1-4H3. The van der Waals surface area contributed by atoms with Gasteiger partial charge in [0.05, 0.1) is 12.5 Å². The molecule has 0 aliphatic rings. The van der Waals surface area contributed by atoms with Crippen molar-refractivity contribution in [2.75, 3.05) is 6.61 Å². The van der Waals surface area contributed by atoms with Gasteiger partial charge in [-0.25, -0.2) is 0 Å². The van der Waals surface area contributed by atoms with Gasteiger partial charge in [-0.05, 0) is 25.2 Å². The summed E-state index contributed by atoms with van der Waals surface area (Å²) in [7, 11) is 0. The van der Waals surface area contributed by atoms with Crippen molar-refractivity contribution in [2.24, 2.45) is 11.8 Å². The number of carbonyl (C=O) groups is 1. The Morgan fingerprint density at radius 3 is 1.16 bits per heavy atom. The number of hydrogen-bond donors (Lipinski definition) is 0. The van der Waals surface area contributed by atoms with Gasteiger partial charge in [-0.15, -0.1) is 0 Å². The number of ether oxygens (including phenoxy) is 1. The number of carbonyl (C=O) groups excluding carboxylic acids is 1. The smallest absolute Gasteiger partial charge is 0.308 e. The van der Waals surface area contributed by atoms with E-state index in [0.717, 1.165) is 19.3 Å². The SMILES string of the molecule is CCCCCCCCCCCCCCC(CCCCCCCCCCC)C(=O)OCC(CC)CCCC. The van der Waals surface area contributed by atoms with Crippen LogP contribution < -0.4 is 0 Å². The second kappa shape index (κ2) is 30.0. The van der Waals surface area contributed by atoms with Crippen molar-refractivity contribution in [2.45, 2.75) is 201 Å². The van der Waals surface area contributed by atoms with Crippen molar-refractivity contribution in [1.29, 1.82) is 0 Å². The fourth-order valence-corrected chi connectivity index (χ4v) is 5.53. The predicted octanol–water partition coefficient (Wildman–Crippen LogP) is 12.4. The average Bonchev–Trinajstić information content (AvgIpc) is 2.91. The second-order valence-electron chi connectivity index (χ2n) is 12.0. The van der Waals surface area contributed by atoms with Crippen LogP contribution in [-0.4, -0.2) is 12.6 Å². The molecule has 0 saturated carbocycles. The molecule has 0 rings (SSSR count). The lowest BCUT2D eigenvalue weighted by atomic mass is 9.93. The van der Waals surface area contributed by atoms with Crippen LogP contribution in [0.2, 0.25) is 0 Å². The van der Waals surface area contributed by atoms with Crippen LogP contribution in [0.1, 0.15) is 201 Å². The third kappa shape index (κ3) is 25.5. The Morgan fingerprint density at radius 1 is 0.459 bits per heavy atom. The van der Waals surface area contributed by atoms with Crippen LogP contribution in [0, 0.1) is 11.8 Å². The molecule has 0 amide bonds. The van der Waals surface area contributed by atoms with E-state index in [-0.39, 0.29) is 11.9 Å². The molecule has 0 saturated heterocycles. The van der Waals surface area contributed by atoms with Gasteiger partial charge >= 0.3 is 5.97 Å². The van der Waals surface area contributed by atoms with Crippen LogP contribution >= 0.6 is 0 Å². The van der Waals surface area contributed by atoms with Crippen molar-refractivity contribution in [3.63, 3.8) is 0 Å². The summed E-state index contributed by atoms with van der Waals surface area (Å²) in [6.45, 7) is 9.70. The number of hydrogen-bond acceptors (Lipinski definition) is 2. The van der Waals surface area contributed by atoms with E-state index in [0.29, 0.717) is 12.5 Å². The van der Waals surface area contributed by atoms with E-state index in [9.17, 15) is 4.79 Å². The summed E-state index contributed by atoms with van der Waals surface area (Å²) in [5.41, 5.74) is 0. The van der Waals surface area contributed by atoms with Crippen molar-refractivity contribution < 1.29 is 9.53 Å². The highest BCUT2D eigenvalue weighted by molar-refractivity contribution is 5.72. The summed E-state index contributed by atoms with van der Waals surface area (Å²) in [4.78, 5) is 13.0. The first-order valence-corrected chi connectivity index (χ1v) is 17.4. The minimum atomic E-state index is 0.109. The van der Waals surface area contributed by atoms with Gasteiger partial charge in [-0.2, -0.15) is 0 Å². The Labute approximate surface area is 234 Å². The van der Waals surface area contributed by atoms with Crippen molar-refractivity contribution in [3.05, 3.63) is 0 Å². The summed E-state index contributed by atoms with van der Waals surface area (Å²) in [5, 5.41) is 0. The predicted molar refractivity (Wildman–Crippen MR) is 165 cm³/mol. The Bertz CT molecular complexity index is 447. The van der Waals surface area contributed by atoms with E-state index in [1.54, 1.807) is 0 Å². The fourth-order valence-electron chi connectivity index (χ4n) is 5.53. The van der Waals surface area contributed by atoms with Gasteiger partial charge < -0.3 is 4.74 Å². The molecule has 0 aromatic carbocycles. The Morgan fingerprint density at radius 2 is 0.811 bits per heavy atom. The monoisotopic (exact) mass is 523 g/mol. The van der Waals surface area contributed by atoms with Crippen molar-refractivity contribution >= 4 is 5.97 Å². The third-order valence-electron chi connectivity index (χ3n) is 8.40. The van der Waals surface area contributed by atoms with Gasteiger partial charge in [0.15, 0.2) is 0 Å². The molecular formula is C35H70O2. The molecule has 2 unspecified atom stereocenters. The first-order chi connectivity index (χ1) is 18.2. The summed E-state index contributed by atoms with van der Waals surface area (Å²) < 4.78 is 5.91. The fraction of sp³-hybridized carbons (Fsp3) is 0.971. The molecule has 0 aromatic heterocycles. The zero-order valence-electron chi connectivity index (χ0n) is 26.3. The molecule has 2 atom stereocenters. The molecule has 0 aliphatic carbocycles. The van der Waals surface area contributed by atoms with Crippen LogP contribution in [0.25, 0.3) is 0 Å². The van der Waals surface area contributed by atoms with Crippen LogP contribution in [-0.2, 0) is 9.53 Å². The highest BCUT2D eigenvalue weighted by atomic mass is 16.5. The number of unbranched alkanes of at least 4 members (excludes halogenated alkanes) is 20. The molecule has 0 N–H and O–H groups in total. The minimum Gasteiger partial charge on any atom is -0.465 e. The van der Waals surface area contributed by atoms with Crippen molar-refractivity contribution in [1.82, 2.24) is 0 Å². The molecular weight excluding hydrogens is 452 g/mol. The molecule has 0 bridgehead atoms. The first kappa shape index (κ1) is 36.5. The van der Waals surface area contributed by atoms with Crippen LogP contribution in [0.15, 0.2) is 0 Å². The molecule has 0 spiro atoms. The molecule has 0 fully saturated rings. The zero-order valence-corrected chi connectivity index (χ0v) is 26.3. The Balaban J connectivity index is 4.17. The Hall–Kier alpha value is -0.530. The van der Waals surface area contributed by atoms with Crippen LogP contribution in [0.3, 0.4) is 0 Å². The highest BCUT2D eigenvalue weighted by Crippen LogP contribution is 2.22. The van der Waals surface area contributed by atoms with Gasteiger partial charge in [-0.3, -0.25) is 4.79 Å². The average molecular weight is 523 g/mol. The molecule has 0 aromatic rings. The molecule has 2 nitrogen and oxygen atoms in total. The van der Waals surface area contributed by atoms with Gasteiger partial charge in [0.2, 0.25) is 0 Å². The normalized spacial score (nSPS) is 13.1. The summed E-state index contributed by atoms with van der Waals surface area (Å²) in [5.74, 6) is 0.790. The number of rotatable bonds is 30. The van der Waals surface area contributed by atoms with Gasteiger partial charge in [0, 0.05) is 0 Å². The van der Waals surface area contributed by atoms with E-state index in [1.165, 1.54) is 154 Å². The highest BCUT2D eigenvalue weighted by Gasteiger charge is 2.20. The summed E-state index contributed by atoms with van der Waals surface area (Å²) in [6.07, 6.45) is 35.4. The topological polar surface area (TPSA) is 26.3 Å². The molecule has 0 aliphatic heterocycles. The lowest BCUT2D eigenvalue weighted by Gasteiger charge is -2.19. The van der Waals surface area contributed by atoms with E-state index in [2.05, 4.69) is 27.7 Å². The molecule has 0 radical (unpaired) electrons. The lowest BCUT2D eigenvalue weighted by Crippen LogP contribution is -2.21. The summed E-state index contributed by atoms with van der Waals surface area (Å²) >= 11 is 0. The largest absolute Gasteiger partial charge is 0.465 e. The maximum Gasteiger partial charge on any atom is 0.308 e. The van der Waals surface area contributed by atoms with E-state index in [1.807, 2.05) is 0 Å². The third-order valence-corrected chi connectivity index (χ3v) is 8.40. The van der Waals surface area contributed by atoms with Crippen LogP contribution in [0.4, 0.5) is 0 Å². The molecule has 0 heterocycles. The quantitative estimate of drug-likeness (QED) is 0.0692. The van der Waals surface area contributed by atoms with Gasteiger partial charge in [0.1, 0.15) is 0 Å². The lowest BCUT2D eigenvalue weighted by molar-refractivity contribution is -0.150. The van der Waals surface area contributed by atoms with E-state index in [4.69, 9.17) is 4.74 Å². The van der Waals surface area contributed by atoms with E-state index >= 15 is 0 Å². The zero-order chi connectivity index (χ0) is 27.2.